The molecule has 0 radical (unpaired) electrons. The van der Waals surface area contributed by atoms with Gasteiger partial charge in [0.2, 0.25) is 0 Å². The molecule has 1 aromatic rings. The molecule has 3 nitrogen and oxygen atoms in total. The minimum absolute atomic E-state index is 0.00963. The van der Waals surface area contributed by atoms with Gasteiger partial charge in [0, 0.05) is 18.7 Å². The first kappa shape index (κ1) is 14.6. The molecule has 0 fully saturated rings. The second-order valence-electron chi connectivity index (χ2n) is 3.82. The molecule has 0 saturated heterocycles. The Kier molecular flexibility index (Phi) is 5.27. The van der Waals surface area contributed by atoms with Crippen molar-refractivity contribution in [2.45, 2.75) is 13.3 Å². The predicted octanol–water partition coefficient (Wildman–Crippen LogP) is 2.49. The first-order valence-electron chi connectivity index (χ1n) is 5.19. The highest BCUT2D eigenvalue weighted by atomic mass is 32.2. The number of aliphatic carboxylic acids is 1. The van der Waals surface area contributed by atoms with Gasteiger partial charge in [-0.3, -0.25) is 9.59 Å². The SMILES string of the molecule is CC(=O)SCC(Cc1cc(F)cc(F)c1)C(=O)O. The molecule has 1 atom stereocenters. The van der Waals surface area contributed by atoms with Crippen molar-refractivity contribution in [3.05, 3.63) is 35.4 Å². The van der Waals surface area contributed by atoms with Gasteiger partial charge in [-0.25, -0.2) is 8.78 Å². The van der Waals surface area contributed by atoms with Crippen LogP contribution in [-0.4, -0.2) is 21.9 Å². The number of halogens is 2. The molecule has 0 saturated carbocycles. The van der Waals surface area contributed by atoms with Crippen molar-refractivity contribution in [3.63, 3.8) is 0 Å². The van der Waals surface area contributed by atoms with Crippen LogP contribution in [0.2, 0.25) is 0 Å². The Morgan fingerprint density at radius 1 is 1.28 bits per heavy atom. The molecule has 0 aromatic heterocycles. The van der Waals surface area contributed by atoms with E-state index in [0.29, 0.717) is 0 Å². The fourth-order valence-corrected chi connectivity index (χ4v) is 2.15. The van der Waals surface area contributed by atoms with Crippen molar-refractivity contribution in [1.82, 2.24) is 0 Å². The number of carboxylic acids is 1. The number of carbonyl (C=O) groups is 2. The Hall–Kier alpha value is -1.43. The third kappa shape index (κ3) is 4.83. The summed E-state index contributed by atoms with van der Waals surface area (Å²) >= 11 is 0.888. The molecule has 98 valence electrons. The van der Waals surface area contributed by atoms with Crippen LogP contribution in [0.5, 0.6) is 0 Å². The molecule has 0 aliphatic carbocycles. The Morgan fingerprint density at radius 3 is 2.28 bits per heavy atom. The minimum atomic E-state index is -1.09. The van der Waals surface area contributed by atoms with Gasteiger partial charge in [-0.2, -0.15) is 0 Å². The van der Waals surface area contributed by atoms with E-state index in [9.17, 15) is 18.4 Å². The zero-order chi connectivity index (χ0) is 13.7. The monoisotopic (exact) mass is 274 g/mol. The normalized spacial score (nSPS) is 12.2. The smallest absolute Gasteiger partial charge is 0.307 e. The standard InChI is InChI=1S/C12H12F2O3S/c1-7(15)18-6-9(12(16)17)2-8-3-10(13)5-11(14)4-8/h3-5,9H,2,6H2,1H3,(H,16,17). The zero-order valence-electron chi connectivity index (χ0n) is 9.65. The second kappa shape index (κ2) is 6.49. The maximum Gasteiger partial charge on any atom is 0.307 e. The van der Waals surface area contributed by atoms with E-state index < -0.39 is 23.5 Å². The predicted molar refractivity (Wildman–Crippen MR) is 64.3 cm³/mol. The average molecular weight is 274 g/mol. The van der Waals surface area contributed by atoms with Crippen LogP contribution in [0.3, 0.4) is 0 Å². The first-order chi connectivity index (χ1) is 8.38. The van der Waals surface area contributed by atoms with Gasteiger partial charge in [-0.05, 0) is 24.1 Å². The van der Waals surface area contributed by atoms with Crippen LogP contribution in [0.1, 0.15) is 12.5 Å². The van der Waals surface area contributed by atoms with Crippen LogP contribution in [-0.2, 0) is 16.0 Å². The lowest BCUT2D eigenvalue weighted by atomic mass is 10.0. The lowest BCUT2D eigenvalue weighted by molar-refractivity contribution is -0.140. The highest BCUT2D eigenvalue weighted by molar-refractivity contribution is 8.13. The summed E-state index contributed by atoms with van der Waals surface area (Å²) in [5.41, 5.74) is 0.268. The van der Waals surface area contributed by atoms with Crippen molar-refractivity contribution in [3.8, 4) is 0 Å². The minimum Gasteiger partial charge on any atom is -0.481 e. The molecule has 0 aliphatic heterocycles. The zero-order valence-corrected chi connectivity index (χ0v) is 10.5. The topological polar surface area (TPSA) is 54.4 Å². The summed E-state index contributed by atoms with van der Waals surface area (Å²) in [6, 6.07) is 2.92. The Balaban J connectivity index is 2.76. The van der Waals surface area contributed by atoms with E-state index in [1.54, 1.807) is 0 Å². The number of carbonyl (C=O) groups excluding carboxylic acids is 1. The fraction of sp³-hybridized carbons (Fsp3) is 0.333. The maximum absolute atomic E-state index is 12.9. The number of hydrogen-bond donors (Lipinski definition) is 1. The van der Waals surface area contributed by atoms with E-state index in [1.807, 2.05) is 0 Å². The van der Waals surface area contributed by atoms with E-state index in [2.05, 4.69) is 0 Å². The number of hydrogen-bond acceptors (Lipinski definition) is 3. The van der Waals surface area contributed by atoms with Crippen LogP contribution in [0.25, 0.3) is 0 Å². The third-order valence-electron chi connectivity index (χ3n) is 2.24. The summed E-state index contributed by atoms with van der Waals surface area (Å²) < 4.78 is 25.9. The number of benzene rings is 1. The van der Waals surface area contributed by atoms with Gasteiger partial charge in [0.1, 0.15) is 11.6 Å². The van der Waals surface area contributed by atoms with Crippen LogP contribution in [0, 0.1) is 17.6 Å². The Labute approximate surface area is 107 Å². The summed E-state index contributed by atoms with van der Waals surface area (Å²) in [5.74, 6) is -3.33. The van der Waals surface area contributed by atoms with Crippen molar-refractivity contribution in [2.24, 2.45) is 5.92 Å². The fourth-order valence-electron chi connectivity index (χ4n) is 1.45. The van der Waals surface area contributed by atoms with E-state index in [4.69, 9.17) is 5.11 Å². The third-order valence-corrected chi connectivity index (χ3v) is 3.22. The van der Waals surface area contributed by atoms with Crippen LogP contribution in [0.15, 0.2) is 18.2 Å². The van der Waals surface area contributed by atoms with Gasteiger partial charge >= 0.3 is 5.97 Å². The molecule has 0 spiro atoms. The number of rotatable bonds is 5. The molecule has 1 N–H and O–H groups in total. The molecule has 18 heavy (non-hydrogen) atoms. The highest BCUT2D eigenvalue weighted by Gasteiger charge is 2.19. The van der Waals surface area contributed by atoms with Crippen molar-refractivity contribution < 1.29 is 23.5 Å². The van der Waals surface area contributed by atoms with Crippen LogP contribution >= 0.6 is 11.8 Å². The van der Waals surface area contributed by atoms with Gasteiger partial charge < -0.3 is 5.11 Å². The molecule has 0 heterocycles. The second-order valence-corrected chi connectivity index (χ2v) is 5.02. The van der Waals surface area contributed by atoms with Crippen LogP contribution in [0.4, 0.5) is 8.78 Å². The van der Waals surface area contributed by atoms with Crippen molar-refractivity contribution in [2.75, 3.05) is 5.75 Å². The summed E-state index contributed by atoms with van der Waals surface area (Å²) in [6.07, 6.45) is -0.00963. The summed E-state index contributed by atoms with van der Waals surface area (Å²) in [7, 11) is 0. The largest absolute Gasteiger partial charge is 0.481 e. The van der Waals surface area contributed by atoms with E-state index in [1.165, 1.54) is 6.92 Å². The number of carboxylic acid groups (broad SMARTS) is 1. The van der Waals surface area contributed by atoms with Crippen LogP contribution < -0.4 is 0 Å². The van der Waals surface area contributed by atoms with E-state index in [-0.39, 0.29) is 22.9 Å². The molecule has 1 unspecified atom stereocenters. The molecule has 0 aliphatic rings. The van der Waals surface area contributed by atoms with Gasteiger partial charge in [0.05, 0.1) is 5.92 Å². The summed E-state index contributed by atoms with van der Waals surface area (Å²) in [4.78, 5) is 21.8. The molecular weight excluding hydrogens is 262 g/mol. The molecule has 6 heteroatoms. The molecule has 0 bridgehead atoms. The Bertz CT molecular complexity index is 442. The van der Waals surface area contributed by atoms with Gasteiger partial charge in [-0.15, -0.1) is 0 Å². The van der Waals surface area contributed by atoms with Crippen molar-refractivity contribution in [1.29, 1.82) is 0 Å². The average Bonchev–Trinajstić information content (AvgIpc) is 2.22. The number of thioether (sulfide) groups is 1. The lowest BCUT2D eigenvalue weighted by Crippen LogP contribution is -2.19. The van der Waals surface area contributed by atoms with Gasteiger partial charge in [0.15, 0.2) is 5.12 Å². The Morgan fingerprint density at radius 2 is 1.83 bits per heavy atom. The molecule has 0 amide bonds. The van der Waals surface area contributed by atoms with Crippen molar-refractivity contribution >= 4 is 22.8 Å². The first-order valence-corrected chi connectivity index (χ1v) is 6.18. The summed E-state index contributed by atoms with van der Waals surface area (Å²) in [6.45, 7) is 1.34. The lowest BCUT2D eigenvalue weighted by Gasteiger charge is -2.11. The summed E-state index contributed by atoms with van der Waals surface area (Å²) in [5, 5.41) is 8.79. The maximum atomic E-state index is 12.9. The van der Waals surface area contributed by atoms with Gasteiger partial charge in [-0.1, -0.05) is 11.8 Å². The molecule has 1 aromatic carbocycles. The quantitative estimate of drug-likeness (QED) is 0.896. The highest BCUT2D eigenvalue weighted by Crippen LogP contribution is 2.17. The van der Waals surface area contributed by atoms with Gasteiger partial charge in [0.25, 0.3) is 0 Å². The molecule has 1 rings (SSSR count). The van der Waals surface area contributed by atoms with E-state index in [0.717, 1.165) is 30.0 Å². The van der Waals surface area contributed by atoms with E-state index >= 15 is 0 Å². The molecular formula is C12H12F2O3S.